The van der Waals surface area contributed by atoms with E-state index in [1.165, 1.54) is 31.1 Å². The summed E-state index contributed by atoms with van der Waals surface area (Å²) in [4.78, 5) is 32.0. The molecule has 0 saturated carbocycles. The Kier molecular flexibility index (Phi) is 9.95. The Hall–Kier alpha value is -3.35. The van der Waals surface area contributed by atoms with Crippen LogP contribution in [0.15, 0.2) is 48.5 Å². The summed E-state index contributed by atoms with van der Waals surface area (Å²) in [6, 6.07) is 12.7. The highest BCUT2D eigenvalue weighted by molar-refractivity contribution is 7.90. The number of sulfonamides is 1. The van der Waals surface area contributed by atoms with E-state index in [9.17, 15) is 27.5 Å². The number of rotatable bonds is 12. The highest BCUT2D eigenvalue weighted by Crippen LogP contribution is 2.24. The van der Waals surface area contributed by atoms with Crippen LogP contribution in [0.25, 0.3) is 0 Å². The molecule has 12 heteroatoms. The number of carbonyl (C=O) groups is 2. The smallest absolute Gasteiger partial charge is 0.284 e. The third-order valence-electron chi connectivity index (χ3n) is 5.77. The van der Waals surface area contributed by atoms with Gasteiger partial charge >= 0.3 is 0 Å². The van der Waals surface area contributed by atoms with E-state index in [4.69, 9.17) is 4.74 Å². The number of nitrogens with one attached hydrogen (secondary N) is 1. The van der Waals surface area contributed by atoms with Crippen LogP contribution in [0.5, 0.6) is 5.75 Å². The molecule has 204 valence electrons. The largest absolute Gasteiger partial charge is 0.497 e. The number of aliphatic hydroxyl groups is 1. The van der Waals surface area contributed by atoms with Crippen molar-refractivity contribution in [3.8, 4) is 5.75 Å². The molecule has 1 atom stereocenters. The average molecular weight is 564 g/mol. The minimum atomic E-state index is -3.77. The van der Waals surface area contributed by atoms with Crippen molar-refractivity contribution in [2.75, 3.05) is 19.4 Å². The number of aromatic nitrogens is 1. The number of hydrogen-bond donors (Lipinski definition) is 2. The molecule has 0 saturated heterocycles. The summed E-state index contributed by atoms with van der Waals surface area (Å²) in [7, 11) is -2.25. The molecular weight excluding hydrogens is 533 g/mol. The molecule has 0 bridgehead atoms. The summed E-state index contributed by atoms with van der Waals surface area (Å²) in [5, 5.41) is 11.2. The van der Waals surface area contributed by atoms with Crippen LogP contribution in [0, 0.1) is 12.7 Å². The van der Waals surface area contributed by atoms with Crippen LogP contribution in [0.1, 0.15) is 50.9 Å². The molecule has 1 aromatic heterocycles. The first-order valence-corrected chi connectivity index (χ1v) is 14.4. The van der Waals surface area contributed by atoms with Gasteiger partial charge in [-0.25, -0.2) is 22.5 Å². The zero-order valence-electron chi connectivity index (χ0n) is 21.3. The molecule has 3 aromatic rings. The van der Waals surface area contributed by atoms with Crippen molar-refractivity contribution < 1.29 is 32.2 Å². The van der Waals surface area contributed by atoms with Gasteiger partial charge in [0, 0.05) is 11.4 Å². The molecule has 38 heavy (non-hydrogen) atoms. The molecule has 0 aliphatic rings. The number of hydrogen-bond acceptors (Lipinski definition) is 8. The van der Waals surface area contributed by atoms with Crippen molar-refractivity contribution in [1.82, 2.24) is 14.6 Å². The maximum Gasteiger partial charge on any atom is 0.284 e. The van der Waals surface area contributed by atoms with Gasteiger partial charge in [-0.3, -0.25) is 9.59 Å². The van der Waals surface area contributed by atoms with Gasteiger partial charge in [-0.2, -0.15) is 0 Å². The number of halogens is 1. The summed E-state index contributed by atoms with van der Waals surface area (Å²) >= 11 is 1.16. The second kappa shape index (κ2) is 12.9. The summed E-state index contributed by atoms with van der Waals surface area (Å²) < 4.78 is 44.3. The first kappa shape index (κ1) is 29.2. The molecule has 3 rings (SSSR count). The molecule has 2 N–H and O–H groups in total. The Bertz CT molecular complexity index is 1380. The van der Waals surface area contributed by atoms with E-state index in [-0.39, 0.29) is 30.4 Å². The van der Waals surface area contributed by atoms with Gasteiger partial charge in [0.05, 0.1) is 19.4 Å². The van der Waals surface area contributed by atoms with E-state index < -0.39 is 27.9 Å². The SMILES string of the molecule is CCS(=O)(=O)NC(=O)c1nc(CN(CCCc2cccc(F)c2)C(=O)[C@H](O)c2ccc(OC)cc2)sc1C. The van der Waals surface area contributed by atoms with Crippen molar-refractivity contribution >= 4 is 33.2 Å². The van der Waals surface area contributed by atoms with Crippen LogP contribution >= 0.6 is 11.3 Å². The van der Waals surface area contributed by atoms with Crippen LogP contribution in [-0.4, -0.2) is 54.6 Å². The molecule has 0 aliphatic carbocycles. The van der Waals surface area contributed by atoms with Crippen molar-refractivity contribution in [3.63, 3.8) is 0 Å². The maximum atomic E-state index is 13.6. The molecule has 0 spiro atoms. The Morgan fingerprint density at radius 3 is 2.55 bits per heavy atom. The minimum absolute atomic E-state index is 0.00544. The van der Waals surface area contributed by atoms with E-state index in [1.54, 1.807) is 43.3 Å². The lowest BCUT2D eigenvalue weighted by Gasteiger charge is -2.25. The van der Waals surface area contributed by atoms with Gasteiger partial charge in [-0.15, -0.1) is 11.3 Å². The lowest BCUT2D eigenvalue weighted by molar-refractivity contribution is -0.141. The molecule has 9 nitrogen and oxygen atoms in total. The number of methoxy groups -OCH3 is 1. The minimum Gasteiger partial charge on any atom is -0.497 e. The molecule has 0 radical (unpaired) electrons. The van der Waals surface area contributed by atoms with E-state index in [0.29, 0.717) is 34.0 Å². The predicted octanol–water partition coefficient (Wildman–Crippen LogP) is 3.37. The first-order valence-electron chi connectivity index (χ1n) is 11.9. The number of carbonyl (C=O) groups excluding carboxylic acids is 2. The van der Waals surface area contributed by atoms with Gasteiger partial charge in [-0.05, 0) is 62.1 Å². The molecule has 0 aliphatic heterocycles. The quantitative estimate of drug-likeness (QED) is 0.346. The summed E-state index contributed by atoms with van der Waals surface area (Å²) in [5.41, 5.74) is 1.12. The number of ether oxygens (including phenoxy) is 1. The monoisotopic (exact) mass is 563 g/mol. The van der Waals surface area contributed by atoms with Gasteiger partial charge in [0.15, 0.2) is 6.10 Å². The summed E-state index contributed by atoms with van der Waals surface area (Å²) in [6.07, 6.45) is -0.468. The predicted molar refractivity (Wildman–Crippen MR) is 142 cm³/mol. The van der Waals surface area contributed by atoms with E-state index >= 15 is 0 Å². The van der Waals surface area contributed by atoms with Crippen LogP contribution in [-0.2, 0) is 27.8 Å². The van der Waals surface area contributed by atoms with Gasteiger partial charge in [0.1, 0.15) is 22.3 Å². The third-order valence-corrected chi connectivity index (χ3v) is 7.98. The zero-order chi connectivity index (χ0) is 27.9. The topological polar surface area (TPSA) is 126 Å². The fourth-order valence-electron chi connectivity index (χ4n) is 3.69. The lowest BCUT2D eigenvalue weighted by Crippen LogP contribution is -2.36. The second-order valence-electron chi connectivity index (χ2n) is 8.52. The number of nitrogens with zero attached hydrogens (tertiary/aromatic N) is 2. The Morgan fingerprint density at radius 2 is 1.92 bits per heavy atom. The number of aryl methyl sites for hydroxylation is 2. The number of thiazole rings is 1. The average Bonchev–Trinajstić information content (AvgIpc) is 3.27. The standard InChI is InChI=1S/C26H30FN3O6S2/c1-4-38(34,35)29-25(32)23-17(2)37-22(28-23)16-30(14-6-8-18-7-5-9-20(27)15-18)26(33)24(31)19-10-12-21(36-3)13-11-19/h5,7,9-13,15,24,31H,4,6,8,14,16H2,1-3H3,(H,29,32)/t24-/m1/s1. The van der Waals surface area contributed by atoms with Gasteiger partial charge in [0.2, 0.25) is 10.0 Å². The molecule has 2 amide bonds. The molecule has 0 fully saturated rings. The molecule has 1 heterocycles. The highest BCUT2D eigenvalue weighted by Gasteiger charge is 2.26. The number of amides is 2. The Morgan fingerprint density at radius 1 is 1.21 bits per heavy atom. The fourth-order valence-corrected chi connectivity index (χ4v) is 5.16. The second-order valence-corrected chi connectivity index (χ2v) is 11.8. The lowest BCUT2D eigenvalue weighted by atomic mass is 10.1. The van der Waals surface area contributed by atoms with Crippen molar-refractivity contribution in [1.29, 1.82) is 0 Å². The van der Waals surface area contributed by atoms with E-state index in [0.717, 1.165) is 16.9 Å². The Labute approximate surface area is 225 Å². The van der Waals surface area contributed by atoms with Crippen molar-refractivity contribution in [2.24, 2.45) is 0 Å². The van der Waals surface area contributed by atoms with Crippen LogP contribution in [0.4, 0.5) is 4.39 Å². The van der Waals surface area contributed by atoms with E-state index in [1.807, 2.05) is 4.72 Å². The molecule has 0 unspecified atom stereocenters. The normalized spacial score (nSPS) is 12.1. The summed E-state index contributed by atoms with van der Waals surface area (Å²) in [5.74, 6) is -1.43. The number of aliphatic hydroxyl groups excluding tert-OH is 1. The fraction of sp³-hybridized carbons (Fsp3) is 0.346. The van der Waals surface area contributed by atoms with Crippen LogP contribution < -0.4 is 9.46 Å². The maximum absolute atomic E-state index is 13.6. The molecular formula is C26H30FN3O6S2. The van der Waals surface area contributed by atoms with Gasteiger partial charge in [0.25, 0.3) is 11.8 Å². The first-order chi connectivity index (χ1) is 18.0. The van der Waals surface area contributed by atoms with Crippen molar-refractivity contribution in [2.45, 2.75) is 39.3 Å². The Balaban J connectivity index is 1.80. The summed E-state index contributed by atoms with van der Waals surface area (Å²) in [6.45, 7) is 3.27. The van der Waals surface area contributed by atoms with Gasteiger partial charge in [-0.1, -0.05) is 24.3 Å². The number of benzene rings is 2. The molecule has 2 aromatic carbocycles. The third kappa shape index (κ3) is 7.83. The van der Waals surface area contributed by atoms with E-state index in [2.05, 4.69) is 4.98 Å². The highest BCUT2D eigenvalue weighted by atomic mass is 32.2. The van der Waals surface area contributed by atoms with Crippen LogP contribution in [0.2, 0.25) is 0 Å². The zero-order valence-corrected chi connectivity index (χ0v) is 22.9. The van der Waals surface area contributed by atoms with Crippen molar-refractivity contribution in [3.05, 3.63) is 81.1 Å². The van der Waals surface area contributed by atoms with Crippen LogP contribution in [0.3, 0.4) is 0 Å². The van der Waals surface area contributed by atoms with Gasteiger partial charge < -0.3 is 14.7 Å².